The second kappa shape index (κ2) is 4.97. The molecule has 1 heterocycles. The second-order valence-corrected chi connectivity index (χ2v) is 6.06. The molecule has 0 amide bonds. The van der Waals surface area contributed by atoms with Crippen LogP contribution in [-0.4, -0.2) is 24.5 Å². The van der Waals surface area contributed by atoms with Gasteiger partial charge in [0, 0.05) is 25.0 Å². The lowest BCUT2D eigenvalue weighted by Crippen LogP contribution is -2.29. The van der Waals surface area contributed by atoms with Gasteiger partial charge in [-0.05, 0) is 20.8 Å². The molecule has 0 spiro atoms. The smallest absolute Gasteiger partial charge is 0.221 e. The molecule has 0 radical (unpaired) electrons. The Hall–Kier alpha value is -0.880. The molecule has 1 N–H and O–H groups in total. The van der Waals surface area contributed by atoms with Crippen LogP contribution < -0.4 is 4.72 Å². The van der Waals surface area contributed by atoms with E-state index in [1.807, 2.05) is 18.4 Å². The van der Waals surface area contributed by atoms with E-state index in [1.165, 1.54) is 0 Å². The monoisotopic (exact) mass is 245 g/mol. The van der Waals surface area contributed by atoms with E-state index in [0.717, 1.165) is 0 Å². The van der Waals surface area contributed by atoms with E-state index in [0.29, 0.717) is 12.4 Å². The van der Waals surface area contributed by atoms with Crippen molar-refractivity contribution < 1.29 is 8.42 Å². The topological polar surface area (TPSA) is 64.0 Å². The maximum Gasteiger partial charge on any atom is 0.221 e. The summed E-state index contributed by atoms with van der Waals surface area (Å²) in [6.45, 7) is 7.81. The molecule has 0 unspecified atom stereocenters. The van der Waals surface area contributed by atoms with Gasteiger partial charge in [0.15, 0.2) is 0 Å². The Kier molecular flexibility index (Phi) is 4.09. The van der Waals surface area contributed by atoms with Gasteiger partial charge in [0.05, 0.1) is 0 Å². The molecule has 1 aromatic rings. The van der Waals surface area contributed by atoms with Gasteiger partial charge in [0.25, 0.3) is 0 Å². The van der Waals surface area contributed by atoms with Gasteiger partial charge in [0.1, 0.15) is 11.1 Å². The summed E-state index contributed by atoms with van der Waals surface area (Å²) in [5, 5.41) is -0.634. The summed E-state index contributed by atoms with van der Waals surface area (Å²) in [6, 6.07) is 0.205. The Morgan fingerprint density at radius 3 is 2.56 bits per heavy atom. The number of aromatic nitrogens is 2. The van der Waals surface area contributed by atoms with Crippen molar-refractivity contribution >= 4 is 10.0 Å². The van der Waals surface area contributed by atoms with Gasteiger partial charge in [-0.1, -0.05) is 6.92 Å². The van der Waals surface area contributed by atoms with Crippen LogP contribution in [-0.2, 0) is 10.0 Å². The first-order chi connectivity index (χ1) is 7.40. The highest BCUT2D eigenvalue weighted by atomic mass is 32.2. The normalized spacial score (nSPS) is 14.3. The predicted octanol–water partition coefficient (Wildman–Crippen LogP) is 1.46. The molecular weight excluding hydrogens is 226 g/mol. The van der Waals surface area contributed by atoms with Gasteiger partial charge >= 0.3 is 0 Å². The van der Waals surface area contributed by atoms with Gasteiger partial charge < -0.3 is 4.57 Å². The molecule has 0 aliphatic rings. The molecule has 6 heteroatoms. The first kappa shape index (κ1) is 13.2. The highest BCUT2D eigenvalue weighted by Gasteiger charge is 2.26. The molecule has 16 heavy (non-hydrogen) atoms. The van der Waals surface area contributed by atoms with Crippen LogP contribution in [0.15, 0.2) is 12.4 Å². The van der Waals surface area contributed by atoms with Gasteiger partial charge in [0.2, 0.25) is 10.0 Å². The fourth-order valence-electron chi connectivity index (χ4n) is 1.54. The molecule has 0 fully saturated rings. The SMILES string of the molecule is CCNS(=O)(=O)[C@H](C)c1nccn1C(C)C. The first-order valence-electron chi connectivity index (χ1n) is 5.41. The summed E-state index contributed by atoms with van der Waals surface area (Å²) in [4.78, 5) is 4.13. The van der Waals surface area contributed by atoms with Crippen molar-refractivity contribution in [2.75, 3.05) is 6.54 Å². The molecule has 0 aromatic carbocycles. The van der Waals surface area contributed by atoms with Gasteiger partial charge in [-0.2, -0.15) is 0 Å². The predicted molar refractivity (Wildman–Crippen MR) is 63.6 cm³/mol. The van der Waals surface area contributed by atoms with Crippen LogP contribution in [0, 0.1) is 0 Å². The number of sulfonamides is 1. The minimum atomic E-state index is -3.32. The maximum absolute atomic E-state index is 11.8. The van der Waals surface area contributed by atoms with Crippen LogP contribution >= 0.6 is 0 Å². The van der Waals surface area contributed by atoms with Crippen molar-refractivity contribution in [1.82, 2.24) is 14.3 Å². The average molecular weight is 245 g/mol. The number of nitrogens with one attached hydrogen (secondary N) is 1. The minimum Gasteiger partial charge on any atom is -0.331 e. The quantitative estimate of drug-likeness (QED) is 0.854. The summed E-state index contributed by atoms with van der Waals surface area (Å²) in [7, 11) is -3.32. The number of rotatable bonds is 5. The first-order valence-corrected chi connectivity index (χ1v) is 6.96. The van der Waals surface area contributed by atoms with Crippen molar-refractivity contribution in [3.8, 4) is 0 Å². The molecule has 1 rings (SSSR count). The van der Waals surface area contributed by atoms with Crippen molar-refractivity contribution in [2.24, 2.45) is 0 Å². The molecule has 0 aliphatic carbocycles. The molecule has 0 bridgehead atoms. The van der Waals surface area contributed by atoms with Crippen molar-refractivity contribution in [1.29, 1.82) is 0 Å². The van der Waals surface area contributed by atoms with Crippen molar-refractivity contribution in [2.45, 2.75) is 39.0 Å². The van der Waals surface area contributed by atoms with E-state index in [-0.39, 0.29) is 6.04 Å². The zero-order valence-electron chi connectivity index (χ0n) is 10.1. The number of hydrogen-bond acceptors (Lipinski definition) is 3. The van der Waals surface area contributed by atoms with E-state index in [9.17, 15) is 8.42 Å². The van der Waals surface area contributed by atoms with Gasteiger partial charge in [-0.25, -0.2) is 18.1 Å². The number of hydrogen-bond donors (Lipinski definition) is 1. The van der Waals surface area contributed by atoms with Crippen LogP contribution in [0.25, 0.3) is 0 Å². The Morgan fingerprint density at radius 1 is 1.44 bits per heavy atom. The zero-order valence-corrected chi connectivity index (χ0v) is 11.0. The molecule has 0 saturated carbocycles. The summed E-state index contributed by atoms with van der Waals surface area (Å²) in [5.41, 5.74) is 0. The minimum absolute atomic E-state index is 0.205. The third-order valence-corrected chi connectivity index (χ3v) is 4.26. The van der Waals surface area contributed by atoms with Crippen LogP contribution in [0.4, 0.5) is 0 Å². The lowest BCUT2D eigenvalue weighted by Gasteiger charge is -2.17. The van der Waals surface area contributed by atoms with Crippen molar-refractivity contribution in [3.05, 3.63) is 18.2 Å². The molecule has 92 valence electrons. The molecular formula is C10H19N3O2S. The van der Waals surface area contributed by atoms with E-state index in [4.69, 9.17) is 0 Å². The maximum atomic E-state index is 11.8. The Morgan fingerprint density at radius 2 is 2.06 bits per heavy atom. The third-order valence-electron chi connectivity index (χ3n) is 2.43. The Bertz CT molecular complexity index is 437. The van der Waals surface area contributed by atoms with E-state index < -0.39 is 15.3 Å². The Balaban J connectivity index is 3.05. The summed E-state index contributed by atoms with van der Waals surface area (Å²) < 4.78 is 28.0. The van der Waals surface area contributed by atoms with Gasteiger partial charge in [-0.3, -0.25) is 0 Å². The molecule has 0 aliphatic heterocycles. The van der Waals surface area contributed by atoms with Crippen molar-refractivity contribution in [3.63, 3.8) is 0 Å². The highest BCUT2D eigenvalue weighted by Crippen LogP contribution is 2.21. The lowest BCUT2D eigenvalue weighted by atomic mass is 10.3. The van der Waals surface area contributed by atoms with E-state index in [2.05, 4.69) is 9.71 Å². The molecule has 1 aromatic heterocycles. The summed E-state index contributed by atoms with van der Waals surface area (Å²) in [6.07, 6.45) is 3.44. The molecule has 0 saturated heterocycles. The van der Waals surface area contributed by atoms with E-state index >= 15 is 0 Å². The fraction of sp³-hybridized carbons (Fsp3) is 0.700. The van der Waals surface area contributed by atoms with Crippen LogP contribution in [0.3, 0.4) is 0 Å². The third kappa shape index (κ3) is 2.62. The fourth-order valence-corrected chi connectivity index (χ4v) is 2.65. The standard InChI is InChI=1S/C10H19N3O2S/c1-5-12-16(14,15)9(4)10-11-6-7-13(10)8(2)3/h6-9,12H,5H2,1-4H3/t9-/m1/s1. The van der Waals surface area contributed by atoms with E-state index in [1.54, 1.807) is 26.2 Å². The lowest BCUT2D eigenvalue weighted by molar-refractivity contribution is 0.542. The highest BCUT2D eigenvalue weighted by molar-refractivity contribution is 7.89. The second-order valence-electron chi connectivity index (χ2n) is 3.97. The zero-order chi connectivity index (χ0) is 12.3. The van der Waals surface area contributed by atoms with Crippen LogP contribution in [0.1, 0.15) is 44.8 Å². The Labute approximate surface area is 96.9 Å². The number of nitrogens with zero attached hydrogens (tertiary/aromatic N) is 2. The summed E-state index contributed by atoms with van der Waals surface area (Å²) in [5.74, 6) is 0.580. The van der Waals surface area contributed by atoms with Gasteiger partial charge in [-0.15, -0.1) is 0 Å². The largest absolute Gasteiger partial charge is 0.331 e. The molecule has 5 nitrogen and oxygen atoms in total. The van der Waals surface area contributed by atoms with Crippen LogP contribution in [0.5, 0.6) is 0 Å². The molecule has 1 atom stereocenters. The average Bonchev–Trinajstić information content (AvgIpc) is 2.64. The van der Waals surface area contributed by atoms with Crippen LogP contribution in [0.2, 0.25) is 0 Å². The number of imidazole rings is 1. The summed E-state index contributed by atoms with van der Waals surface area (Å²) >= 11 is 0.